The first-order valence-electron chi connectivity index (χ1n) is 9.36. The largest absolute Gasteiger partial charge is 0.366 e. The Morgan fingerprint density at radius 3 is 2.62 bits per heavy atom. The molecular formula is C23H22ClN3OS. The maximum Gasteiger partial charge on any atom is 0.264 e. The molecule has 1 saturated heterocycles. The van der Waals surface area contributed by atoms with Gasteiger partial charge in [0.25, 0.3) is 5.91 Å². The lowest BCUT2D eigenvalue weighted by atomic mass is 9.88. The molecule has 2 aliphatic rings. The van der Waals surface area contributed by atoms with Crippen LogP contribution in [0.4, 0.5) is 11.4 Å². The van der Waals surface area contributed by atoms with Crippen molar-refractivity contribution in [2.45, 2.75) is 26.3 Å². The number of anilines is 1. The van der Waals surface area contributed by atoms with Gasteiger partial charge in [-0.3, -0.25) is 4.79 Å². The van der Waals surface area contributed by atoms with Crippen LogP contribution in [0.2, 0.25) is 5.02 Å². The predicted octanol–water partition coefficient (Wildman–Crippen LogP) is 5.86. The zero-order chi connectivity index (χ0) is 20.8. The first-order chi connectivity index (χ1) is 13.7. The summed E-state index contributed by atoms with van der Waals surface area (Å²) >= 11 is 7.25. The third-order valence-corrected chi connectivity index (χ3v) is 6.41. The molecule has 6 heteroatoms. The number of amides is 1. The highest BCUT2D eigenvalue weighted by Crippen LogP contribution is 2.39. The average Bonchev–Trinajstić information content (AvgIpc) is 3.00. The van der Waals surface area contributed by atoms with Crippen LogP contribution in [0.1, 0.15) is 31.9 Å². The Labute approximate surface area is 180 Å². The van der Waals surface area contributed by atoms with Crippen LogP contribution in [0.5, 0.6) is 0 Å². The molecule has 0 saturated carbocycles. The molecule has 2 heterocycles. The van der Waals surface area contributed by atoms with Gasteiger partial charge in [-0.2, -0.15) is 0 Å². The summed E-state index contributed by atoms with van der Waals surface area (Å²) in [5.41, 5.74) is 5.36. The number of halogens is 1. The van der Waals surface area contributed by atoms with Crippen LogP contribution in [-0.4, -0.2) is 23.7 Å². The van der Waals surface area contributed by atoms with E-state index < -0.39 is 0 Å². The number of thioether (sulfide) groups is 1. The molecule has 2 aromatic carbocycles. The molecule has 0 atom stereocenters. The number of allylic oxidation sites excluding steroid dienone is 1. The summed E-state index contributed by atoms with van der Waals surface area (Å²) in [5, 5.41) is 4.05. The molecule has 4 nitrogen and oxygen atoms in total. The van der Waals surface area contributed by atoms with Gasteiger partial charge in [0, 0.05) is 23.3 Å². The topological polar surface area (TPSA) is 44.7 Å². The highest BCUT2D eigenvalue weighted by molar-refractivity contribution is 8.18. The van der Waals surface area contributed by atoms with E-state index in [4.69, 9.17) is 11.6 Å². The van der Waals surface area contributed by atoms with Crippen molar-refractivity contribution in [1.82, 2.24) is 5.32 Å². The fourth-order valence-electron chi connectivity index (χ4n) is 3.53. The van der Waals surface area contributed by atoms with E-state index in [1.807, 2.05) is 18.2 Å². The van der Waals surface area contributed by atoms with Gasteiger partial charge >= 0.3 is 0 Å². The maximum atomic E-state index is 12.4. The van der Waals surface area contributed by atoms with Gasteiger partial charge in [-0.25, -0.2) is 4.99 Å². The molecule has 4 rings (SSSR count). The van der Waals surface area contributed by atoms with Gasteiger partial charge in [0.2, 0.25) is 0 Å². The van der Waals surface area contributed by atoms with E-state index in [1.54, 1.807) is 12.1 Å². The van der Waals surface area contributed by atoms with Crippen molar-refractivity contribution >= 4 is 57.5 Å². The molecule has 0 spiro atoms. The molecule has 1 amide bonds. The smallest absolute Gasteiger partial charge is 0.264 e. The second-order valence-corrected chi connectivity index (χ2v) is 9.24. The van der Waals surface area contributed by atoms with E-state index in [9.17, 15) is 4.79 Å². The molecule has 0 radical (unpaired) electrons. The summed E-state index contributed by atoms with van der Waals surface area (Å²) in [6.07, 6.45) is 4.19. The summed E-state index contributed by atoms with van der Waals surface area (Å²) in [5.74, 6) is -0.133. The number of carbonyl (C=O) groups excluding carboxylic acids is 1. The number of likely N-dealkylation sites (N-methyl/N-ethyl adjacent to an activating group) is 1. The van der Waals surface area contributed by atoms with Crippen LogP contribution >= 0.6 is 23.4 Å². The number of hydrogen-bond acceptors (Lipinski definition) is 4. The van der Waals surface area contributed by atoms with Gasteiger partial charge in [0.1, 0.15) is 0 Å². The Morgan fingerprint density at radius 2 is 1.90 bits per heavy atom. The van der Waals surface area contributed by atoms with Crippen LogP contribution in [0.3, 0.4) is 0 Å². The summed E-state index contributed by atoms with van der Waals surface area (Å²) in [4.78, 5) is 19.8. The lowest BCUT2D eigenvalue weighted by molar-refractivity contribution is -0.115. The Kier molecular flexibility index (Phi) is 5.05. The second kappa shape index (κ2) is 7.39. The summed E-state index contributed by atoms with van der Waals surface area (Å²) in [6.45, 7) is 6.55. The third-order valence-electron chi connectivity index (χ3n) is 5.25. The number of fused-ring (bicyclic) bond motifs is 1. The number of nitrogens with one attached hydrogen (secondary N) is 1. The number of benzene rings is 2. The molecule has 0 aromatic heterocycles. The van der Waals surface area contributed by atoms with Crippen LogP contribution in [-0.2, 0) is 4.79 Å². The molecule has 2 aromatic rings. The van der Waals surface area contributed by atoms with Gasteiger partial charge in [-0.15, -0.1) is 0 Å². The van der Waals surface area contributed by atoms with Gasteiger partial charge in [0.15, 0.2) is 5.17 Å². The minimum atomic E-state index is -0.133. The lowest BCUT2D eigenvalue weighted by Gasteiger charge is -2.40. The molecule has 1 fully saturated rings. The summed E-state index contributed by atoms with van der Waals surface area (Å²) in [7, 11) is 2.11. The SMILES string of the molecule is CC1=CC(C)(C)N(C)c2ccc(/C=C3/SC(=Nc4ccc(Cl)cc4)NC3=O)cc21. The van der Waals surface area contributed by atoms with E-state index in [-0.39, 0.29) is 11.4 Å². The minimum absolute atomic E-state index is 0.0225. The number of hydrogen-bond donors (Lipinski definition) is 1. The Balaban J connectivity index is 1.61. The van der Waals surface area contributed by atoms with Crippen molar-refractivity contribution in [3.63, 3.8) is 0 Å². The van der Waals surface area contributed by atoms with Gasteiger partial charge in [-0.05, 0) is 86.1 Å². The van der Waals surface area contributed by atoms with Crippen molar-refractivity contribution in [2.75, 3.05) is 11.9 Å². The quantitative estimate of drug-likeness (QED) is 0.615. The van der Waals surface area contributed by atoms with Gasteiger partial charge in [0.05, 0.1) is 16.1 Å². The molecule has 0 bridgehead atoms. The Bertz CT molecular complexity index is 1080. The lowest BCUT2D eigenvalue weighted by Crippen LogP contribution is -2.42. The first-order valence-corrected chi connectivity index (χ1v) is 10.6. The molecule has 148 valence electrons. The summed E-state index contributed by atoms with van der Waals surface area (Å²) in [6, 6.07) is 13.5. The molecule has 1 N–H and O–H groups in total. The number of aliphatic imine (C=N–C) groups is 1. The van der Waals surface area contributed by atoms with Gasteiger partial charge < -0.3 is 10.2 Å². The second-order valence-electron chi connectivity index (χ2n) is 7.77. The Hall–Kier alpha value is -2.50. The number of nitrogens with zero attached hydrogens (tertiary/aromatic N) is 2. The van der Waals surface area contributed by atoms with E-state index in [0.29, 0.717) is 15.1 Å². The van der Waals surface area contributed by atoms with E-state index in [1.165, 1.54) is 28.6 Å². The van der Waals surface area contributed by atoms with Crippen molar-refractivity contribution in [3.05, 3.63) is 69.6 Å². The van der Waals surface area contributed by atoms with Crippen LogP contribution in [0.25, 0.3) is 11.6 Å². The van der Waals surface area contributed by atoms with Crippen molar-refractivity contribution < 1.29 is 4.79 Å². The molecule has 2 aliphatic heterocycles. The van der Waals surface area contributed by atoms with Crippen molar-refractivity contribution in [2.24, 2.45) is 4.99 Å². The fraction of sp³-hybridized carbons (Fsp3) is 0.217. The zero-order valence-electron chi connectivity index (χ0n) is 16.8. The first kappa shape index (κ1) is 19.8. The molecule has 29 heavy (non-hydrogen) atoms. The molecular weight excluding hydrogens is 402 g/mol. The average molecular weight is 424 g/mol. The number of rotatable bonds is 2. The maximum absolute atomic E-state index is 12.4. The minimum Gasteiger partial charge on any atom is -0.366 e. The number of carbonyl (C=O) groups is 1. The van der Waals surface area contributed by atoms with Crippen LogP contribution in [0.15, 0.2) is 58.4 Å². The highest BCUT2D eigenvalue weighted by atomic mass is 35.5. The van der Waals surface area contributed by atoms with Crippen molar-refractivity contribution in [1.29, 1.82) is 0 Å². The third kappa shape index (κ3) is 3.98. The summed E-state index contributed by atoms with van der Waals surface area (Å²) < 4.78 is 0. The predicted molar refractivity (Wildman–Crippen MR) is 125 cm³/mol. The van der Waals surface area contributed by atoms with E-state index in [2.05, 4.69) is 67.3 Å². The molecule has 0 unspecified atom stereocenters. The van der Waals surface area contributed by atoms with E-state index >= 15 is 0 Å². The van der Waals surface area contributed by atoms with Crippen LogP contribution < -0.4 is 10.2 Å². The highest BCUT2D eigenvalue weighted by Gasteiger charge is 2.29. The zero-order valence-corrected chi connectivity index (χ0v) is 18.4. The normalized spacial score (nSPS) is 20.7. The van der Waals surface area contributed by atoms with E-state index in [0.717, 1.165) is 11.3 Å². The van der Waals surface area contributed by atoms with Gasteiger partial charge in [-0.1, -0.05) is 23.7 Å². The fourth-order valence-corrected chi connectivity index (χ4v) is 4.50. The Morgan fingerprint density at radius 1 is 1.17 bits per heavy atom. The monoisotopic (exact) mass is 423 g/mol. The van der Waals surface area contributed by atoms with Crippen molar-refractivity contribution in [3.8, 4) is 0 Å². The number of amidine groups is 1. The standard InChI is InChI=1S/C23H22ClN3OS/c1-14-13-23(2,3)27(4)19-10-5-15(11-18(14)19)12-20-21(28)26-22(29-20)25-17-8-6-16(24)7-9-17/h5-13H,1-4H3,(H,25,26,28)/b20-12+. The molecule has 0 aliphatic carbocycles. The van der Waals surface area contributed by atoms with Crippen LogP contribution in [0, 0.1) is 0 Å².